The highest BCUT2D eigenvalue weighted by Crippen LogP contribution is 2.35. The molecule has 6 nitrogen and oxygen atoms in total. The lowest BCUT2D eigenvalue weighted by Crippen LogP contribution is -2.55. The van der Waals surface area contributed by atoms with Gasteiger partial charge in [0.15, 0.2) is 0 Å². The molecule has 2 fully saturated rings. The molecule has 0 aliphatic heterocycles. The van der Waals surface area contributed by atoms with Gasteiger partial charge in [0.1, 0.15) is 0 Å². The van der Waals surface area contributed by atoms with Gasteiger partial charge in [0, 0.05) is 23.7 Å². The van der Waals surface area contributed by atoms with Gasteiger partial charge in [0.25, 0.3) is 5.91 Å². The Balaban J connectivity index is 1.63. The molecule has 150 valence electrons. The molecule has 0 saturated heterocycles. The van der Waals surface area contributed by atoms with Gasteiger partial charge in [-0.15, -0.1) is 0 Å². The molecule has 2 aliphatic rings. The summed E-state index contributed by atoms with van der Waals surface area (Å²) in [6.45, 7) is 2.88. The van der Waals surface area contributed by atoms with Crippen LogP contribution in [-0.2, 0) is 10.0 Å². The SMILES string of the molecule is C[C@@H]1CCC[C@](CNC(=O)c2ccc(S(=O)(=O)NC3CC3)cc2)(N(C)C)C1. The van der Waals surface area contributed by atoms with Gasteiger partial charge < -0.3 is 10.2 Å². The Bertz CT molecular complexity index is 772. The van der Waals surface area contributed by atoms with Gasteiger partial charge >= 0.3 is 0 Å². The second-order valence-electron chi connectivity index (χ2n) is 8.42. The molecule has 0 radical (unpaired) electrons. The van der Waals surface area contributed by atoms with Crippen LogP contribution in [0.1, 0.15) is 55.8 Å². The van der Waals surface area contributed by atoms with E-state index in [0.29, 0.717) is 18.0 Å². The number of nitrogens with one attached hydrogen (secondary N) is 2. The van der Waals surface area contributed by atoms with E-state index in [0.717, 1.165) is 25.7 Å². The van der Waals surface area contributed by atoms with Gasteiger partial charge in [0.05, 0.1) is 4.90 Å². The first-order valence-corrected chi connectivity index (χ1v) is 11.3. The number of carbonyl (C=O) groups is 1. The third kappa shape index (κ3) is 4.89. The largest absolute Gasteiger partial charge is 0.350 e. The van der Waals surface area contributed by atoms with Crippen LogP contribution >= 0.6 is 0 Å². The summed E-state index contributed by atoms with van der Waals surface area (Å²) in [5.74, 6) is 0.495. The fourth-order valence-electron chi connectivity index (χ4n) is 3.98. The molecule has 1 amide bonds. The molecule has 0 spiro atoms. The summed E-state index contributed by atoms with van der Waals surface area (Å²) in [5.41, 5.74) is 0.475. The summed E-state index contributed by atoms with van der Waals surface area (Å²) in [7, 11) is 0.676. The maximum Gasteiger partial charge on any atom is 0.251 e. The second-order valence-corrected chi connectivity index (χ2v) is 10.1. The minimum Gasteiger partial charge on any atom is -0.350 e. The van der Waals surface area contributed by atoms with E-state index < -0.39 is 10.0 Å². The molecule has 27 heavy (non-hydrogen) atoms. The number of benzene rings is 1. The lowest BCUT2D eigenvalue weighted by molar-refractivity contribution is 0.0675. The van der Waals surface area contributed by atoms with Crippen LogP contribution in [0.5, 0.6) is 0 Å². The zero-order valence-electron chi connectivity index (χ0n) is 16.5. The van der Waals surface area contributed by atoms with E-state index in [2.05, 4.69) is 36.0 Å². The topological polar surface area (TPSA) is 78.5 Å². The number of hydrogen-bond acceptors (Lipinski definition) is 4. The van der Waals surface area contributed by atoms with E-state index in [1.54, 1.807) is 12.1 Å². The van der Waals surface area contributed by atoms with Gasteiger partial charge in [-0.3, -0.25) is 4.79 Å². The highest BCUT2D eigenvalue weighted by molar-refractivity contribution is 7.89. The summed E-state index contributed by atoms with van der Waals surface area (Å²) in [6.07, 6.45) is 6.36. The maximum atomic E-state index is 12.6. The normalized spacial score (nSPS) is 26.1. The molecule has 0 heterocycles. The first-order chi connectivity index (χ1) is 12.7. The minimum atomic E-state index is -3.48. The monoisotopic (exact) mass is 393 g/mol. The molecule has 7 heteroatoms. The van der Waals surface area contributed by atoms with E-state index >= 15 is 0 Å². The van der Waals surface area contributed by atoms with Crippen LogP contribution in [-0.4, -0.2) is 51.4 Å². The van der Waals surface area contributed by atoms with Crippen molar-refractivity contribution in [1.29, 1.82) is 0 Å². The maximum absolute atomic E-state index is 12.6. The molecular weight excluding hydrogens is 362 g/mol. The third-order valence-corrected chi connectivity index (χ3v) is 7.46. The molecule has 2 aliphatic carbocycles. The summed E-state index contributed by atoms with van der Waals surface area (Å²) >= 11 is 0. The van der Waals surface area contributed by atoms with Gasteiger partial charge in [-0.1, -0.05) is 19.8 Å². The minimum absolute atomic E-state index is 0.00914. The van der Waals surface area contributed by atoms with Crippen molar-refractivity contribution in [3.8, 4) is 0 Å². The van der Waals surface area contributed by atoms with Crippen molar-refractivity contribution in [3.63, 3.8) is 0 Å². The molecule has 0 aromatic heterocycles. The lowest BCUT2D eigenvalue weighted by Gasteiger charge is -2.45. The number of nitrogens with zero attached hydrogens (tertiary/aromatic N) is 1. The molecule has 1 aromatic carbocycles. The first kappa shape index (κ1) is 20.3. The standard InChI is InChI=1S/C20H31N3O3S/c1-15-5-4-12-20(13-15,23(2)3)14-21-19(24)16-6-10-18(11-7-16)27(25,26)22-17-8-9-17/h6-7,10-11,15,17,22H,4-5,8-9,12-14H2,1-3H3,(H,21,24)/t15-,20+/m1/s1. The molecule has 1 aromatic rings. The molecule has 2 atom stereocenters. The van der Waals surface area contributed by atoms with Crippen LogP contribution < -0.4 is 10.0 Å². The van der Waals surface area contributed by atoms with Crippen molar-refractivity contribution in [2.24, 2.45) is 5.92 Å². The second kappa shape index (κ2) is 7.89. The van der Waals surface area contributed by atoms with Crippen LogP contribution in [0.3, 0.4) is 0 Å². The van der Waals surface area contributed by atoms with E-state index in [9.17, 15) is 13.2 Å². The fraction of sp³-hybridized carbons (Fsp3) is 0.650. The molecule has 3 rings (SSSR count). The lowest BCUT2D eigenvalue weighted by atomic mass is 9.75. The van der Waals surface area contributed by atoms with Crippen LogP contribution in [0.25, 0.3) is 0 Å². The molecular formula is C20H31N3O3S. The Hall–Kier alpha value is -1.44. The van der Waals surface area contributed by atoms with Gasteiger partial charge in [0.2, 0.25) is 10.0 Å². The van der Waals surface area contributed by atoms with Crippen LogP contribution in [0.2, 0.25) is 0 Å². The van der Waals surface area contributed by atoms with Crippen molar-refractivity contribution in [1.82, 2.24) is 14.9 Å². The summed E-state index contributed by atoms with van der Waals surface area (Å²) < 4.78 is 27.1. The zero-order valence-corrected chi connectivity index (χ0v) is 17.3. The van der Waals surface area contributed by atoms with Crippen molar-refractivity contribution in [3.05, 3.63) is 29.8 Å². The van der Waals surface area contributed by atoms with Crippen molar-refractivity contribution < 1.29 is 13.2 Å². The summed E-state index contributed by atoms with van der Waals surface area (Å²) in [4.78, 5) is 15.0. The number of carbonyl (C=O) groups excluding carboxylic acids is 1. The molecule has 2 N–H and O–H groups in total. The van der Waals surface area contributed by atoms with E-state index in [1.165, 1.54) is 25.0 Å². The van der Waals surface area contributed by atoms with Crippen molar-refractivity contribution in [2.75, 3.05) is 20.6 Å². The fourth-order valence-corrected chi connectivity index (χ4v) is 5.28. The highest BCUT2D eigenvalue weighted by atomic mass is 32.2. The number of hydrogen-bond donors (Lipinski definition) is 2. The van der Waals surface area contributed by atoms with E-state index in [4.69, 9.17) is 0 Å². The van der Waals surface area contributed by atoms with E-state index in [1.807, 2.05) is 0 Å². The molecule has 0 unspecified atom stereocenters. The van der Waals surface area contributed by atoms with Crippen molar-refractivity contribution in [2.45, 2.75) is 61.9 Å². The van der Waals surface area contributed by atoms with Gasteiger partial charge in [-0.05, 0) is 70.0 Å². The first-order valence-electron chi connectivity index (χ1n) is 9.80. The van der Waals surface area contributed by atoms with Crippen LogP contribution in [0.15, 0.2) is 29.2 Å². The third-order valence-electron chi connectivity index (χ3n) is 5.92. The van der Waals surface area contributed by atoms with E-state index in [-0.39, 0.29) is 22.4 Å². The molecule has 0 bridgehead atoms. The summed E-state index contributed by atoms with van der Waals surface area (Å²) in [6, 6.07) is 6.25. The van der Waals surface area contributed by atoms with Crippen molar-refractivity contribution >= 4 is 15.9 Å². The Labute approximate surface area is 162 Å². The Morgan fingerprint density at radius 3 is 2.41 bits per heavy atom. The predicted octanol–water partition coefficient (Wildman–Crippen LogP) is 2.37. The average molecular weight is 394 g/mol. The van der Waals surface area contributed by atoms with Gasteiger partial charge in [-0.2, -0.15) is 0 Å². The smallest absolute Gasteiger partial charge is 0.251 e. The Kier molecular flexibility index (Phi) is 5.93. The van der Waals surface area contributed by atoms with Crippen LogP contribution in [0.4, 0.5) is 0 Å². The number of amides is 1. The molecule has 2 saturated carbocycles. The van der Waals surface area contributed by atoms with Crippen LogP contribution in [0, 0.1) is 5.92 Å². The van der Waals surface area contributed by atoms with Gasteiger partial charge in [-0.25, -0.2) is 13.1 Å². The predicted molar refractivity (Wildman–Crippen MR) is 106 cm³/mol. The Morgan fingerprint density at radius 1 is 1.19 bits per heavy atom. The highest BCUT2D eigenvalue weighted by Gasteiger charge is 2.37. The average Bonchev–Trinajstić information content (AvgIpc) is 3.43. The zero-order chi connectivity index (χ0) is 19.7. The number of likely N-dealkylation sites (N-methyl/N-ethyl adjacent to an activating group) is 1. The number of rotatable bonds is 7. The Morgan fingerprint density at radius 2 is 1.85 bits per heavy atom. The summed E-state index contributed by atoms with van der Waals surface area (Å²) in [5, 5.41) is 3.07. The quantitative estimate of drug-likeness (QED) is 0.745. The number of sulfonamides is 1.